The molecule has 1 heterocycles. The largest absolute Gasteiger partial charge is 0.477 e. The van der Waals surface area contributed by atoms with Crippen LogP contribution in [0.2, 0.25) is 0 Å². The van der Waals surface area contributed by atoms with Crippen LogP contribution in [0.1, 0.15) is 54.2 Å². The van der Waals surface area contributed by atoms with Gasteiger partial charge in [-0.15, -0.1) is 11.3 Å². The van der Waals surface area contributed by atoms with E-state index in [1.807, 2.05) is 27.7 Å². The SMILES string of the molecule is CC1(NC(=O)OC(C)(C)C)CCc2c(sc(C(=O)O)c2I)C1. The standard InChI is InChI=1S/C15H20INO4S/c1-14(2,3)21-13(20)17-15(4)6-5-8-9(7-15)22-11(10(8)16)12(18)19/h5-7H2,1-4H3,(H,17,20)(H,18,19). The lowest BCUT2D eigenvalue weighted by Crippen LogP contribution is -2.51. The summed E-state index contributed by atoms with van der Waals surface area (Å²) in [6, 6.07) is 0. The van der Waals surface area contributed by atoms with E-state index in [0.717, 1.165) is 26.9 Å². The highest BCUT2D eigenvalue weighted by Gasteiger charge is 2.36. The van der Waals surface area contributed by atoms with E-state index in [9.17, 15) is 14.7 Å². The van der Waals surface area contributed by atoms with Crippen molar-refractivity contribution in [2.45, 2.75) is 58.1 Å². The summed E-state index contributed by atoms with van der Waals surface area (Å²) in [5.74, 6) is -0.884. The maximum absolute atomic E-state index is 12.0. The molecule has 0 fully saturated rings. The minimum absolute atomic E-state index is 0.395. The van der Waals surface area contributed by atoms with Crippen molar-refractivity contribution in [3.8, 4) is 0 Å². The van der Waals surface area contributed by atoms with Crippen molar-refractivity contribution in [1.82, 2.24) is 5.32 Å². The van der Waals surface area contributed by atoms with Gasteiger partial charge in [0, 0.05) is 20.4 Å². The third kappa shape index (κ3) is 3.92. The third-order valence-electron chi connectivity index (χ3n) is 3.50. The van der Waals surface area contributed by atoms with Crippen molar-refractivity contribution in [2.75, 3.05) is 0 Å². The van der Waals surface area contributed by atoms with Gasteiger partial charge in [0.2, 0.25) is 0 Å². The molecule has 0 saturated heterocycles. The first-order chi connectivity index (χ1) is 10.0. The Morgan fingerprint density at radius 1 is 1.41 bits per heavy atom. The zero-order chi connectivity index (χ0) is 16.7. The number of halogens is 1. The molecule has 0 bridgehead atoms. The summed E-state index contributed by atoms with van der Waals surface area (Å²) >= 11 is 3.42. The van der Waals surface area contributed by atoms with E-state index in [2.05, 4.69) is 27.9 Å². The maximum Gasteiger partial charge on any atom is 0.408 e. The topological polar surface area (TPSA) is 75.6 Å². The molecular formula is C15H20INO4S. The van der Waals surface area contributed by atoms with Gasteiger partial charge in [0.15, 0.2) is 0 Å². The van der Waals surface area contributed by atoms with E-state index in [0.29, 0.717) is 11.3 Å². The van der Waals surface area contributed by atoms with Crippen LogP contribution in [0.15, 0.2) is 0 Å². The molecular weight excluding hydrogens is 417 g/mol. The summed E-state index contributed by atoms with van der Waals surface area (Å²) in [6.07, 6.45) is 1.74. The molecule has 0 aliphatic heterocycles. The second kappa shape index (κ2) is 5.99. The summed E-state index contributed by atoms with van der Waals surface area (Å²) in [4.78, 5) is 24.7. The predicted octanol–water partition coefficient (Wildman–Crippen LogP) is 3.82. The number of carboxylic acid groups (broad SMARTS) is 1. The van der Waals surface area contributed by atoms with E-state index in [-0.39, 0.29) is 0 Å². The lowest BCUT2D eigenvalue weighted by Gasteiger charge is -2.35. The Hall–Kier alpha value is -0.830. The third-order valence-corrected chi connectivity index (χ3v) is 6.28. The second-order valence-electron chi connectivity index (χ2n) is 6.82. The van der Waals surface area contributed by atoms with Crippen LogP contribution in [0.4, 0.5) is 4.79 Å². The number of nitrogens with one attached hydrogen (secondary N) is 1. The van der Waals surface area contributed by atoms with E-state index < -0.39 is 23.2 Å². The van der Waals surface area contributed by atoms with Crippen LogP contribution in [0.3, 0.4) is 0 Å². The zero-order valence-corrected chi connectivity index (χ0v) is 16.1. The molecule has 0 aromatic carbocycles. The first-order valence-electron chi connectivity index (χ1n) is 7.05. The lowest BCUT2D eigenvalue weighted by atomic mass is 9.83. The molecule has 1 aliphatic carbocycles. The van der Waals surface area contributed by atoms with Crippen molar-refractivity contribution in [3.05, 3.63) is 18.9 Å². The number of aromatic carboxylic acids is 1. The molecule has 7 heteroatoms. The van der Waals surface area contributed by atoms with Gasteiger partial charge in [-0.3, -0.25) is 0 Å². The first kappa shape index (κ1) is 17.5. The van der Waals surface area contributed by atoms with Crippen molar-refractivity contribution in [2.24, 2.45) is 0 Å². The number of hydrogen-bond donors (Lipinski definition) is 2. The Balaban J connectivity index is 2.15. The van der Waals surface area contributed by atoms with Crippen molar-refractivity contribution < 1.29 is 19.4 Å². The van der Waals surface area contributed by atoms with Crippen LogP contribution in [-0.4, -0.2) is 28.3 Å². The van der Waals surface area contributed by atoms with E-state index in [4.69, 9.17) is 4.74 Å². The quantitative estimate of drug-likeness (QED) is 0.690. The highest BCUT2D eigenvalue weighted by Crippen LogP contribution is 2.38. The van der Waals surface area contributed by atoms with Crippen LogP contribution in [0, 0.1) is 3.57 Å². The van der Waals surface area contributed by atoms with E-state index in [1.54, 1.807) is 0 Å². The Bertz CT molecular complexity index is 620. The molecule has 1 aliphatic rings. The molecule has 1 aromatic heterocycles. The van der Waals surface area contributed by atoms with Gasteiger partial charge in [-0.1, -0.05) is 0 Å². The van der Waals surface area contributed by atoms with Gasteiger partial charge in [-0.25, -0.2) is 9.59 Å². The number of ether oxygens (including phenoxy) is 1. The highest BCUT2D eigenvalue weighted by atomic mass is 127. The molecule has 0 spiro atoms. The number of hydrogen-bond acceptors (Lipinski definition) is 4. The maximum atomic E-state index is 12.0. The summed E-state index contributed by atoms with van der Waals surface area (Å²) in [5, 5.41) is 12.2. The summed E-state index contributed by atoms with van der Waals surface area (Å²) < 4.78 is 6.16. The molecule has 2 N–H and O–H groups in total. The van der Waals surface area contributed by atoms with Crippen LogP contribution < -0.4 is 5.32 Å². The Labute approximate surface area is 147 Å². The normalized spacial score (nSPS) is 21.1. The molecule has 0 radical (unpaired) electrons. The zero-order valence-electron chi connectivity index (χ0n) is 13.1. The molecule has 1 atom stereocenters. The number of alkyl carbamates (subject to hydrolysis) is 1. The summed E-state index contributed by atoms with van der Waals surface area (Å²) in [6.45, 7) is 7.46. The van der Waals surface area contributed by atoms with E-state index in [1.165, 1.54) is 11.3 Å². The predicted molar refractivity (Wildman–Crippen MR) is 93.8 cm³/mol. The minimum atomic E-state index is -0.884. The molecule has 1 amide bonds. The second-order valence-corrected chi connectivity index (χ2v) is 9.00. The summed E-state index contributed by atoms with van der Waals surface area (Å²) in [7, 11) is 0. The van der Waals surface area contributed by atoms with Gasteiger partial charge in [0.05, 0.1) is 0 Å². The van der Waals surface area contributed by atoms with Gasteiger partial charge in [0.25, 0.3) is 0 Å². The number of carbonyl (C=O) groups is 2. The Morgan fingerprint density at radius 3 is 2.59 bits per heavy atom. The average molecular weight is 437 g/mol. The lowest BCUT2D eigenvalue weighted by molar-refractivity contribution is 0.0455. The van der Waals surface area contributed by atoms with Crippen LogP contribution in [0.25, 0.3) is 0 Å². The minimum Gasteiger partial charge on any atom is -0.477 e. The molecule has 5 nitrogen and oxygen atoms in total. The fraction of sp³-hybridized carbons (Fsp3) is 0.600. The number of amides is 1. The van der Waals surface area contributed by atoms with Crippen LogP contribution in [-0.2, 0) is 17.6 Å². The van der Waals surface area contributed by atoms with Crippen LogP contribution in [0.5, 0.6) is 0 Å². The van der Waals surface area contributed by atoms with Crippen molar-refractivity contribution in [1.29, 1.82) is 0 Å². The fourth-order valence-corrected chi connectivity index (χ4v) is 5.12. The highest BCUT2D eigenvalue weighted by molar-refractivity contribution is 14.1. The van der Waals surface area contributed by atoms with Gasteiger partial charge in [-0.2, -0.15) is 0 Å². The molecule has 122 valence electrons. The fourth-order valence-electron chi connectivity index (χ4n) is 2.52. The first-order valence-corrected chi connectivity index (χ1v) is 8.95. The van der Waals surface area contributed by atoms with Crippen molar-refractivity contribution in [3.63, 3.8) is 0 Å². The Kier molecular flexibility index (Phi) is 4.77. The van der Waals surface area contributed by atoms with Crippen molar-refractivity contribution >= 4 is 46.0 Å². The molecule has 2 rings (SSSR count). The average Bonchev–Trinajstić information content (AvgIpc) is 2.62. The van der Waals surface area contributed by atoms with Gasteiger partial charge < -0.3 is 15.2 Å². The van der Waals surface area contributed by atoms with Crippen LogP contribution >= 0.6 is 33.9 Å². The Morgan fingerprint density at radius 2 is 2.05 bits per heavy atom. The number of thiophene rings is 1. The van der Waals surface area contributed by atoms with Gasteiger partial charge in [-0.05, 0) is 68.7 Å². The van der Waals surface area contributed by atoms with Gasteiger partial charge >= 0.3 is 12.1 Å². The van der Waals surface area contributed by atoms with Gasteiger partial charge in [0.1, 0.15) is 10.5 Å². The molecule has 1 unspecified atom stereocenters. The molecule has 22 heavy (non-hydrogen) atoms. The number of rotatable bonds is 2. The number of carboxylic acids is 1. The summed E-state index contributed by atoms with van der Waals surface area (Å²) in [5.41, 5.74) is 0.181. The van der Waals surface area contributed by atoms with E-state index >= 15 is 0 Å². The molecule has 1 aromatic rings. The number of fused-ring (bicyclic) bond motifs is 1. The monoisotopic (exact) mass is 437 g/mol. The smallest absolute Gasteiger partial charge is 0.408 e. The molecule has 0 saturated carbocycles. The number of carbonyl (C=O) groups excluding carboxylic acids is 1.